The van der Waals surface area contributed by atoms with E-state index in [4.69, 9.17) is 5.14 Å². The van der Waals surface area contributed by atoms with Gasteiger partial charge in [0.2, 0.25) is 10.0 Å². The van der Waals surface area contributed by atoms with Crippen LogP contribution in [0, 0.1) is 11.8 Å². The first-order chi connectivity index (χ1) is 12.3. The molecule has 0 bridgehead atoms. The summed E-state index contributed by atoms with van der Waals surface area (Å²) in [5.74, 6) is 6.32. The number of amidine groups is 1. The van der Waals surface area contributed by atoms with E-state index < -0.39 is 19.9 Å². The lowest BCUT2D eigenvalue weighted by molar-refractivity contribution is 0.332. The molecule has 26 heavy (non-hydrogen) atoms. The van der Waals surface area contributed by atoms with Gasteiger partial charge >= 0.3 is 0 Å². The van der Waals surface area contributed by atoms with Crippen LogP contribution in [0.1, 0.15) is 11.1 Å². The fourth-order valence-corrected chi connectivity index (χ4v) is 4.65. The van der Waals surface area contributed by atoms with E-state index >= 15 is 0 Å². The van der Waals surface area contributed by atoms with Crippen LogP contribution in [0.15, 0.2) is 38.3 Å². The fourth-order valence-electron chi connectivity index (χ4n) is 2.62. The Morgan fingerprint density at radius 3 is 2.58 bits per heavy atom. The molecule has 0 amide bonds. The zero-order valence-electron chi connectivity index (χ0n) is 13.8. The SMILES string of the molecule is NS(=O)(=O)c1cccc(C#CCN2CCS(=O)(=O)CC2)c1C1=NCN=N1. The van der Waals surface area contributed by atoms with E-state index in [2.05, 4.69) is 27.1 Å². The molecule has 9 nitrogen and oxygen atoms in total. The van der Waals surface area contributed by atoms with E-state index in [1.807, 2.05) is 4.90 Å². The number of nitrogens with two attached hydrogens (primary N) is 1. The highest BCUT2D eigenvalue weighted by molar-refractivity contribution is 7.91. The van der Waals surface area contributed by atoms with Crippen LogP contribution < -0.4 is 5.14 Å². The van der Waals surface area contributed by atoms with E-state index in [9.17, 15) is 16.8 Å². The molecule has 0 atom stereocenters. The van der Waals surface area contributed by atoms with Crippen LogP contribution in [0.2, 0.25) is 0 Å². The van der Waals surface area contributed by atoms with Crippen LogP contribution in [0.3, 0.4) is 0 Å². The van der Waals surface area contributed by atoms with Gasteiger partial charge in [0.25, 0.3) is 0 Å². The average Bonchev–Trinajstić information content (AvgIpc) is 3.09. The number of hydrogen-bond donors (Lipinski definition) is 1. The maximum absolute atomic E-state index is 11.9. The van der Waals surface area contributed by atoms with Crippen molar-refractivity contribution in [2.75, 3.05) is 37.8 Å². The Morgan fingerprint density at radius 2 is 1.96 bits per heavy atom. The Balaban J connectivity index is 1.88. The summed E-state index contributed by atoms with van der Waals surface area (Å²) in [4.78, 5) is 5.90. The lowest BCUT2D eigenvalue weighted by Crippen LogP contribution is -2.40. The summed E-state index contributed by atoms with van der Waals surface area (Å²) >= 11 is 0. The van der Waals surface area contributed by atoms with Gasteiger partial charge in [-0.05, 0) is 12.1 Å². The Labute approximate surface area is 152 Å². The maximum Gasteiger partial charge on any atom is 0.238 e. The number of sulfone groups is 1. The summed E-state index contributed by atoms with van der Waals surface area (Å²) < 4.78 is 46.7. The average molecular weight is 395 g/mol. The van der Waals surface area contributed by atoms with Crippen molar-refractivity contribution in [1.29, 1.82) is 0 Å². The summed E-state index contributed by atoms with van der Waals surface area (Å²) in [6.07, 6.45) is 0. The molecule has 11 heteroatoms. The summed E-state index contributed by atoms with van der Waals surface area (Å²) in [7, 11) is -6.92. The third-order valence-electron chi connectivity index (χ3n) is 3.97. The Bertz CT molecular complexity index is 1040. The predicted molar refractivity (Wildman–Crippen MR) is 96.0 cm³/mol. The molecule has 2 aliphatic heterocycles. The number of sulfonamides is 1. The number of nitrogens with zero attached hydrogens (tertiary/aromatic N) is 4. The lowest BCUT2D eigenvalue weighted by atomic mass is 10.1. The molecule has 0 unspecified atom stereocenters. The number of hydrogen-bond acceptors (Lipinski definition) is 8. The number of primary sulfonamides is 1. The molecule has 1 aromatic carbocycles. The van der Waals surface area contributed by atoms with E-state index in [1.54, 1.807) is 12.1 Å². The van der Waals surface area contributed by atoms with Gasteiger partial charge in [-0.1, -0.05) is 17.9 Å². The summed E-state index contributed by atoms with van der Waals surface area (Å²) in [5.41, 5.74) is 0.672. The minimum absolute atomic E-state index is 0.104. The highest BCUT2D eigenvalue weighted by Crippen LogP contribution is 2.21. The van der Waals surface area contributed by atoms with Crippen molar-refractivity contribution in [3.8, 4) is 11.8 Å². The smallest absolute Gasteiger partial charge is 0.238 e. The fraction of sp³-hybridized carbons (Fsp3) is 0.400. The number of benzene rings is 1. The normalized spacial score (nSPS) is 19.7. The summed E-state index contributed by atoms with van der Waals surface area (Å²) in [6, 6.07) is 4.59. The van der Waals surface area contributed by atoms with Gasteiger partial charge in [-0.25, -0.2) is 27.0 Å². The quantitative estimate of drug-likeness (QED) is 0.694. The molecule has 0 radical (unpaired) electrons. The molecule has 138 valence electrons. The van der Waals surface area contributed by atoms with Crippen molar-refractivity contribution in [3.05, 3.63) is 29.3 Å². The zero-order valence-corrected chi connectivity index (χ0v) is 15.4. The van der Waals surface area contributed by atoms with Crippen LogP contribution in [0.5, 0.6) is 0 Å². The summed E-state index contributed by atoms with van der Waals surface area (Å²) in [5, 5.41) is 12.9. The first kappa shape index (κ1) is 18.7. The van der Waals surface area contributed by atoms with E-state index in [-0.39, 0.29) is 34.5 Å². The predicted octanol–water partition coefficient (Wildman–Crippen LogP) is -0.414. The van der Waals surface area contributed by atoms with Gasteiger partial charge in [0, 0.05) is 18.7 Å². The Kier molecular flexibility index (Phi) is 5.19. The lowest BCUT2D eigenvalue weighted by Gasteiger charge is -2.24. The Hall–Kier alpha value is -2.13. The van der Waals surface area contributed by atoms with Crippen LogP contribution in [0.25, 0.3) is 0 Å². The van der Waals surface area contributed by atoms with Crippen LogP contribution in [-0.2, 0) is 19.9 Å². The standard InChI is InChI=1S/C15H17N5O4S2/c16-26(23,24)13-5-1-3-12(14(13)15-17-11-18-19-15)4-2-6-20-7-9-25(21,22)10-8-20/h1,3,5H,6-11H2,(H2,16,23,24). The molecule has 3 rings (SSSR count). The summed E-state index contributed by atoms with van der Waals surface area (Å²) in [6.45, 7) is 1.37. The van der Waals surface area contributed by atoms with Gasteiger partial charge in [-0.2, -0.15) is 5.11 Å². The number of aliphatic imine (C=N–C) groups is 1. The monoisotopic (exact) mass is 395 g/mol. The van der Waals surface area contributed by atoms with Crippen LogP contribution in [0.4, 0.5) is 0 Å². The van der Waals surface area contributed by atoms with Crippen molar-refractivity contribution in [2.45, 2.75) is 4.90 Å². The van der Waals surface area contributed by atoms with Crippen molar-refractivity contribution >= 4 is 25.7 Å². The highest BCUT2D eigenvalue weighted by atomic mass is 32.2. The van der Waals surface area contributed by atoms with Gasteiger partial charge in [-0.3, -0.25) is 4.90 Å². The van der Waals surface area contributed by atoms with Gasteiger partial charge in [-0.15, -0.1) is 5.11 Å². The number of rotatable bonds is 3. The molecule has 1 fully saturated rings. The third kappa shape index (κ3) is 4.34. The number of azo groups is 1. The molecule has 2 aliphatic rings. The van der Waals surface area contributed by atoms with E-state index in [1.165, 1.54) is 6.07 Å². The molecule has 2 heterocycles. The van der Waals surface area contributed by atoms with Gasteiger partial charge < -0.3 is 0 Å². The second-order valence-corrected chi connectivity index (χ2v) is 9.65. The molecule has 0 aliphatic carbocycles. The largest absolute Gasteiger partial charge is 0.290 e. The van der Waals surface area contributed by atoms with Gasteiger partial charge in [0.15, 0.2) is 22.3 Å². The minimum atomic E-state index is -3.98. The van der Waals surface area contributed by atoms with Crippen LogP contribution >= 0.6 is 0 Å². The van der Waals surface area contributed by atoms with Crippen LogP contribution in [-0.4, -0.2) is 65.4 Å². The first-order valence-corrected chi connectivity index (χ1v) is 11.1. The van der Waals surface area contributed by atoms with E-state index in [0.717, 1.165) is 0 Å². The topological polar surface area (TPSA) is 135 Å². The molecule has 1 saturated heterocycles. The molecule has 2 N–H and O–H groups in total. The third-order valence-corrected chi connectivity index (χ3v) is 6.53. The molecular weight excluding hydrogens is 378 g/mol. The molecule has 0 saturated carbocycles. The second kappa shape index (κ2) is 7.24. The van der Waals surface area contributed by atoms with Crippen molar-refractivity contribution in [3.63, 3.8) is 0 Å². The highest BCUT2D eigenvalue weighted by Gasteiger charge is 2.23. The van der Waals surface area contributed by atoms with Gasteiger partial charge in [0.1, 0.15) is 0 Å². The zero-order chi connectivity index (χ0) is 18.8. The minimum Gasteiger partial charge on any atom is -0.290 e. The molecule has 0 aromatic heterocycles. The maximum atomic E-state index is 11.9. The molecule has 1 aromatic rings. The van der Waals surface area contributed by atoms with Crippen molar-refractivity contribution in [2.24, 2.45) is 20.4 Å². The van der Waals surface area contributed by atoms with Gasteiger partial charge in [0.05, 0.1) is 28.5 Å². The van der Waals surface area contributed by atoms with E-state index in [0.29, 0.717) is 25.2 Å². The Morgan fingerprint density at radius 1 is 1.23 bits per heavy atom. The molecular formula is C15H17N5O4S2. The first-order valence-electron chi connectivity index (χ1n) is 7.76. The van der Waals surface area contributed by atoms with Crippen molar-refractivity contribution < 1.29 is 16.8 Å². The molecule has 0 spiro atoms. The van der Waals surface area contributed by atoms with Crippen molar-refractivity contribution in [1.82, 2.24) is 4.90 Å². The second-order valence-electron chi connectivity index (χ2n) is 5.82.